The highest BCUT2D eigenvalue weighted by atomic mass is 16.4. The molecular weight excluding hydrogens is 524 g/mol. The van der Waals surface area contributed by atoms with Gasteiger partial charge in [0.15, 0.2) is 0 Å². The Morgan fingerprint density at radius 1 is 0.650 bits per heavy atom. The minimum atomic E-state index is -1.68. The van der Waals surface area contributed by atoms with Gasteiger partial charge >= 0.3 is 5.97 Å². The first-order chi connectivity index (χ1) is 18.8. The lowest BCUT2D eigenvalue weighted by Gasteiger charge is -2.25. The normalized spacial score (nSPS) is 13.6. The van der Waals surface area contributed by atoms with Gasteiger partial charge in [-0.05, 0) is 29.7 Å². The highest BCUT2D eigenvalue weighted by Crippen LogP contribution is 2.12. The Morgan fingerprint density at radius 2 is 1.12 bits per heavy atom. The van der Waals surface area contributed by atoms with Crippen molar-refractivity contribution in [3.63, 3.8) is 0 Å². The molecule has 4 unspecified atom stereocenters. The van der Waals surface area contributed by atoms with Crippen LogP contribution in [0.4, 0.5) is 0 Å². The van der Waals surface area contributed by atoms with Crippen LogP contribution in [-0.4, -0.2) is 69.9 Å². The fourth-order valence-electron chi connectivity index (χ4n) is 3.67. The summed E-state index contributed by atoms with van der Waals surface area (Å²) >= 11 is 0. The van der Waals surface area contributed by atoms with Gasteiger partial charge in [-0.3, -0.25) is 24.0 Å². The maximum Gasteiger partial charge on any atom is 0.326 e. The average molecular weight is 557 g/mol. The third kappa shape index (κ3) is 10.4. The molecule has 4 atom stereocenters. The summed E-state index contributed by atoms with van der Waals surface area (Å²) in [4.78, 5) is 73.4. The zero-order chi connectivity index (χ0) is 29.8. The molecular formula is C26H32N6O8. The number of carbonyl (C=O) groups is 6. The lowest BCUT2D eigenvalue weighted by molar-refractivity contribution is -0.143. The Hall–Kier alpha value is -4.98. The number of hydrogen-bond donors (Lipinski definition) is 8. The Balaban J connectivity index is 2.23. The van der Waals surface area contributed by atoms with Crippen LogP contribution in [0.15, 0.2) is 54.6 Å². The monoisotopic (exact) mass is 556 g/mol. The van der Waals surface area contributed by atoms with Crippen molar-refractivity contribution >= 4 is 35.5 Å². The van der Waals surface area contributed by atoms with E-state index in [1.165, 1.54) is 24.3 Å². The van der Waals surface area contributed by atoms with Crippen molar-refractivity contribution in [2.75, 3.05) is 0 Å². The smallest absolute Gasteiger partial charge is 0.326 e. The Morgan fingerprint density at radius 3 is 1.68 bits per heavy atom. The molecule has 2 aromatic carbocycles. The third-order valence-electron chi connectivity index (χ3n) is 5.70. The summed E-state index contributed by atoms with van der Waals surface area (Å²) in [6.07, 6.45) is -1.38. The first kappa shape index (κ1) is 31.2. The molecule has 0 fully saturated rings. The number of phenolic OH excluding ortho intramolecular Hbond substituents is 1. The van der Waals surface area contributed by atoms with Gasteiger partial charge in [-0.15, -0.1) is 0 Å². The van der Waals surface area contributed by atoms with Crippen molar-refractivity contribution in [2.24, 2.45) is 17.2 Å². The predicted molar refractivity (Wildman–Crippen MR) is 141 cm³/mol. The summed E-state index contributed by atoms with van der Waals surface area (Å²) < 4.78 is 0. The van der Waals surface area contributed by atoms with Crippen LogP contribution in [0.1, 0.15) is 24.0 Å². The number of carbonyl (C=O) groups excluding carboxylic acids is 5. The minimum absolute atomic E-state index is 0.0581. The first-order valence-electron chi connectivity index (χ1n) is 12.1. The second kappa shape index (κ2) is 14.8. The number of nitrogens with two attached hydrogens (primary N) is 3. The number of carboxylic acids is 1. The van der Waals surface area contributed by atoms with E-state index in [0.29, 0.717) is 5.56 Å². The molecule has 5 amide bonds. The summed E-state index contributed by atoms with van der Waals surface area (Å²) in [6.45, 7) is 0. The SMILES string of the molecule is NC(=O)CC(NC(=O)C(Cc1ccc(O)cc1)NC(=O)C(CC(N)=O)NC(=O)C(N)Cc1ccccc1)C(=O)O. The Labute approximate surface area is 229 Å². The number of rotatable bonds is 15. The Kier molecular flexibility index (Phi) is 11.6. The van der Waals surface area contributed by atoms with Gasteiger partial charge in [0, 0.05) is 6.42 Å². The van der Waals surface area contributed by atoms with Gasteiger partial charge < -0.3 is 43.4 Å². The van der Waals surface area contributed by atoms with Crippen molar-refractivity contribution in [3.05, 3.63) is 65.7 Å². The number of carboxylic acid groups (broad SMARTS) is 1. The molecule has 14 nitrogen and oxygen atoms in total. The van der Waals surface area contributed by atoms with Crippen LogP contribution >= 0.6 is 0 Å². The van der Waals surface area contributed by atoms with E-state index in [4.69, 9.17) is 17.2 Å². The van der Waals surface area contributed by atoms with E-state index >= 15 is 0 Å². The van der Waals surface area contributed by atoms with Gasteiger partial charge in [0.2, 0.25) is 29.5 Å². The van der Waals surface area contributed by atoms with Crippen molar-refractivity contribution in [1.82, 2.24) is 16.0 Å². The molecule has 0 saturated heterocycles. The van der Waals surface area contributed by atoms with Crippen LogP contribution in [0.25, 0.3) is 0 Å². The van der Waals surface area contributed by atoms with E-state index in [0.717, 1.165) is 5.56 Å². The molecule has 2 aromatic rings. The van der Waals surface area contributed by atoms with Crippen molar-refractivity contribution in [2.45, 2.75) is 49.9 Å². The number of primary amides is 2. The molecule has 0 aliphatic heterocycles. The zero-order valence-electron chi connectivity index (χ0n) is 21.4. The Bertz CT molecular complexity index is 1220. The highest BCUT2D eigenvalue weighted by Gasteiger charge is 2.31. The van der Waals surface area contributed by atoms with E-state index in [1.54, 1.807) is 30.3 Å². The second-order valence-corrected chi connectivity index (χ2v) is 9.03. The molecule has 0 saturated carbocycles. The maximum absolute atomic E-state index is 13.2. The molecule has 0 aliphatic rings. The molecule has 0 bridgehead atoms. The standard InChI is InChI=1S/C26H32N6O8/c27-17(10-14-4-2-1-3-5-14)23(36)30-19(12-21(28)34)25(38)31-18(11-15-6-8-16(33)9-7-15)24(37)32-20(26(39)40)13-22(29)35/h1-9,17-20,33H,10-13,27H2,(H2,28,34)(H2,29,35)(H,30,36)(H,31,38)(H,32,37)(H,39,40). The van der Waals surface area contributed by atoms with Crippen LogP contribution in [-0.2, 0) is 41.6 Å². The van der Waals surface area contributed by atoms with Gasteiger partial charge in [-0.25, -0.2) is 4.79 Å². The molecule has 0 radical (unpaired) electrons. The van der Waals surface area contributed by atoms with E-state index < -0.39 is 72.5 Å². The number of nitrogens with one attached hydrogen (secondary N) is 3. The van der Waals surface area contributed by atoms with Crippen molar-refractivity contribution in [3.8, 4) is 5.75 Å². The van der Waals surface area contributed by atoms with Gasteiger partial charge in [0.1, 0.15) is 23.9 Å². The third-order valence-corrected chi connectivity index (χ3v) is 5.70. The molecule has 0 aliphatic carbocycles. The molecule has 0 spiro atoms. The lowest BCUT2D eigenvalue weighted by Crippen LogP contribution is -2.58. The molecule has 2 rings (SSSR count). The van der Waals surface area contributed by atoms with Gasteiger partial charge in [-0.2, -0.15) is 0 Å². The van der Waals surface area contributed by atoms with Crippen LogP contribution in [0.3, 0.4) is 0 Å². The second-order valence-electron chi connectivity index (χ2n) is 9.03. The maximum atomic E-state index is 13.2. The topological polar surface area (TPSA) is 257 Å². The molecule has 14 heteroatoms. The number of benzene rings is 2. The van der Waals surface area contributed by atoms with Crippen LogP contribution in [0, 0.1) is 0 Å². The molecule has 40 heavy (non-hydrogen) atoms. The van der Waals surface area contributed by atoms with Crippen LogP contribution in [0.5, 0.6) is 5.75 Å². The van der Waals surface area contributed by atoms with E-state index in [-0.39, 0.29) is 18.6 Å². The first-order valence-corrected chi connectivity index (χ1v) is 12.1. The highest BCUT2D eigenvalue weighted by molar-refractivity contribution is 5.96. The number of aliphatic carboxylic acids is 1. The predicted octanol–water partition coefficient (Wildman–Crippen LogP) is -2.21. The van der Waals surface area contributed by atoms with Gasteiger partial charge in [-0.1, -0.05) is 42.5 Å². The fourth-order valence-corrected chi connectivity index (χ4v) is 3.67. The fraction of sp³-hybridized carbons (Fsp3) is 0.308. The summed E-state index contributed by atoms with van der Waals surface area (Å²) in [5.41, 5.74) is 17.5. The minimum Gasteiger partial charge on any atom is -0.508 e. The van der Waals surface area contributed by atoms with Crippen molar-refractivity contribution in [1.29, 1.82) is 0 Å². The largest absolute Gasteiger partial charge is 0.508 e. The number of aromatic hydroxyl groups is 1. The number of hydrogen-bond acceptors (Lipinski definition) is 8. The summed E-state index contributed by atoms with van der Waals surface area (Å²) in [6, 6.07) is 8.74. The average Bonchev–Trinajstić information content (AvgIpc) is 2.88. The van der Waals surface area contributed by atoms with E-state index in [2.05, 4.69) is 16.0 Å². The zero-order valence-corrected chi connectivity index (χ0v) is 21.4. The quantitative estimate of drug-likeness (QED) is 0.118. The molecule has 0 aromatic heterocycles. The van der Waals surface area contributed by atoms with E-state index in [9.17, 15) is 39.0 Å². The number of phenols is 1. The molecule has 0 heterocycles. The van der Waals surface area contributed by atoms with Gasteiger partial charge in [0.25, 0.3) is 0 Å². The van der Waals surface area contributed by atoms with Gasteiger partial charge in [0.05, 0.1) is 18.9 Å². The lowest BCUT2D eigenvalue weighted by atomic mass is 10.0. The van der Waals surface area contributed by atoms with Crippen LogP contribution < -0.4 is 33.2 Å². The van der Waals surface area contributed by atoms with Crippen LogP contribution in [0.2, 0.25) is 0 Å². The van der Waals surface area contributed by atoms with E-state index in [1.807, 2.05) is 0 Å². The van der Waals surface area contributed by atoms with Crippen molar-refractivity contribution < 1.29 is 39.0 Å². The number of amides is 5. The summed E-state index contributed by atoms with van der Waals surface area (Å²) in [5, 5.41) is 25.8. The summed E-state index contributed by atoms with van der Waals surface area (Å²) in [5.74, 6) is -6.21. The molecule has 11 N–H and O–H groups in total. The summed E-state index contributed by atoms with van der Waals surface area (Å²) in [7, 11) is 0. The molecule has 214 valence electrons.